The largest absolute Gasteiger partial charge is 0.380 e. The average molecular weight is 459 g/mol. The Labute approximate surface area is 198 Å². The van der Waals surface area contributed by atoms with Crippen molar-refractivity contribution in [3.8, 4) is 17.1 Å². The van der Waals surface area contributed by atoms with E-state index in [2.05, 4.69) is 38.3 Å². The van der Waals surface area contributed by atoms with E-state index in [-0.39, 0.29) is 0 Å². The number of nitriles is 2. The van der Waals surface area contributed by atoms with Crippen molar-refractivity contribution in [3.63, 3.8) is 0 Å². The Balaban J connectivity index is 1.66. The number of ether oxygens (including phenoxy) is 1. The number of pyridine rings is 1. The van der Waals surface area contributed by atoms with E-state index in [0.717, 1.165) is 58.0 Å². The molecule has 0 aromatic carbocycles. The Hall–Kier alpha value is -3.46. The molecule has 0 bridgehead atoms. The van der Waals surface area contributed by atoms with Crippen molar-refractivity contribution in [3.05, 3.63) is 61.9 Å². The monoisotopic (exact) mass is 458 g/mol. The molecule has 0 radical (unpaired) electrons. The lowest BCUT2D eigenvalue weighted by Crippen LogP contribution is -2.04. The van der Waals surface area contributed by atoms with Crippen LogP contribution in [-0.2, 0) is 24.2 Å². The molecule has 1 N–H and O–H groups in total. The van der Waals surface area contributed by atoms with Gasteiger partial charge in [-0.3, -0.25) is 5.43 Å². The van der Waals surface area contributed by atoms with Crippen LogP contribution in [0.15, 0.2) is 17.2 Å². The Bertz CT molecular complexity index is 1320. The lowest BCUT2D eigenvalue weighted by Gasteiger charge is -2.10. The molecule has 33 heavy (non-hydrogen) atoms. The van der Waals surface area contributed by atoms with Crippen LogP contribution >= 0.6 is 11.3 Å². The van der Waals surface area contributed by atoms with Crippen molar-refractivity contribution >= 4 is 23.4 Å². The smallest absolute Gasteiger partial charge is 0.164 e. The van der Waals surface area contributed by atoms with Gasteiger partial charge >= 0.3 is 0 Å². The van der Waals surface area contributed by atoms with Gasteiger partial charge in [0.2, 0.25) is 0 Å². The minimum atomic E-state index is 0.331. The minimum absolute atomic E-state index is 0.331. The first-order valence-electron chi connectivity index (χ1n) is 10.9. The molecule has 0 unspecified atom stereocenters. The summed E-state index contributed by atoms with van der Waals surface area (Å²) in [5.74, 6) is 0.410. The quantitative estimate of drug-likeness (QED) is 0.410. The highest BCUT2D eigenvalue weighted by Crippen LogP contribution is 2.38. The summed E-state index contributed by atoms with van der Waals surface area (Å²) >= 11 is 1.74. The predicted octanol–water partition coefficient (Wildman–Crippen LogP) is 5.07. The highest BCUT2D eigenvalue weighted by Gasteiger charge is 2.23. The fourth-order valence-corrected chi connectivity index (χ4v) is 5.88. The van der Waals surface area contributed by atoms with Crippen LogP contribution in [0, 0.1) is 43.4 Å². The molecule has 0 fully saturated rings. The van der Waals surface area contributed by atoms with Crippen molar-refractivity contribution in [2.24, 2.45) is 5.10 Å². The number of nitrogens with one attached hydrogen (secondary N) is 1. The van der Waals surface area contributed by atoms with E-state index in [1.165, 1.54) is 16.9 Å². The number of hydrogen-bond donors (Lipinski definition) is 1. The molecule has 4 rings (SSSR count). The molecule has 0 spiro atoms. The first kappa shape index (κ1) is 22.7. The number of rotatable bonds is 6. The van der Waals surface area contributed by atoms with E-state index in [0.29, 0.717) is 18.0 Å². The number of fused-ring (bicyclic) bond motifs is 1. The summed E-state index contributed by atoms with van der Waals surface area (Å²) in [6.45, 7) is 6.29. The first-order chi connectivity index (χ1) is 16.0. The number of hydrogen-bond acceptors (Lipinski definition) is 7. The summed E-state index contributed by atoms with van der Waals surface area (Å²) in [5, 5.41) is 24.9. The summed E-state index contributed by atoms with van der Waals surface area (Å²) in [6, 6.07) is 8.56. The molecular formula is C25H26N6OS. The van der Waals surface area contributed by atoms with Crippen LogP contribution in [0.4, 0.5) is 5.82 Å². The van der Waals surface area contributed by atoms with E-state index in [1.807, 2.05) is 26.8 Å². The highest BCUT2D eigenvalue weighted by atomic mass is 32.1. The Morgan fingerprint density at radius 3 is 2.67 bits per heavy atom. The van der Waals surface area contributed by atoms with Crippen molar-refractivity contribution in [1.29, 1.82) is 10.5 Å². The zero-order valence-electron chi connectivity index (χ0n) is 19.3. The fourth-order valence-electron chi connectivity index (χ4n) is 4.43. The van der Waals surface area contributed by atoms with E-state index in [9.17, 15) is 10.5 Å². The van der Waals surface area contributed by atoms with Crippen LogP contribution < -0.4 is 5.43 Å². The van der Waals surface area contributed by atoms with E-state index >= 15 is 0 Å². The van der Waals surface area contributed by atoms with Gasteiger partial charge in [-0.25, -0.2) is 4.98 Å². The van der Waals surface area contributed by atoms with Crippen molar-refractivity contribution in [1.82, 2.24) is 9.55 Å². The molecule has 0 amide bonds. The molecule has 0 saturated carbocycles. The normalized spacial score (nSPS) is 13.0. The zero-order chi connectivity index (χ0) is 23.5. The van der Waals surface area contributed by atoms with Gasteiger partial charge in [0.05, 0.1) is 18.4 Å². The Kier molecular flexibility index (Phi) is 6.60. The van der Waals surface area contributed by atoms with Crippen LogP contribution in [0.25, 0.3) is 5.00 Å². The molecule has 1 aliphatic carbocycles. The molecular weight excluding hydrogens is 432 g/mol. The Morgan fingerprint density at radius 1 is 1.18 bits per heavy atom. The molecule has 7 nitrogen and oxygen atoms in total. The second kappa shape index (κ2) is 9.58. The third-order valence-corrected chi connectivity index (χ3v) is 7.23. The van der Waals surface area contributed by atoms with Crippen LogP contribution in [0.5, 0.6) is 0 Å². The van der Waals surface area contributed by atoms with E-state index in [1.54, 1.807) is 24.7 Å². The molecule has 168 valence electrons. The number of nitrogens with zero attached hydrogens (tertiary/aromatic N) is 5. The standard InChI is InChI=1S/C25H26N6OS/c1-15-9-19(14-32-4)21(11-26)24(29-15)30-28-13-18-10-16(2)31(17(18)3)25-22(12-27)20-7-5-6-8-23(20)33-25/h9-10,13H,5-8,14H2,1-4H3,(H,29,30)/b28-13-. The van der Waals surface area contributed by atoms with Gasteiger partial charge in [0.15, 0.2) is 5.82 Å². The lowest BCUT2D eigenvalue weighted by atomic mass is 9.96. The van der Waals surface area contributed by atoms with Crippen LogP contribution in [-0.4, -0.2) is 22.9 Å². The van der Waals surface area contributed by atoms with Crippen molar-refractivity contribution in [2.45, 2.75) is 53.1 Å². The number of methoxy groups -OCH3 is 1. The summed E-state index contributed by atoms with van der Waals surface area (Å²) in [7, 11) is 1.60. The average Bonchev–Trinajstić information content (AvgIpc) is 3.29. The summed E-state index contributed by atoms with van der Waals surface area (Å²) < 4.78 is 7.37. The summed E-state index contributed by atoms with van der Waals surface area (Å²) in [4.78, 5) is 5.77. The topological polar surface area (TPSA) is 99.0 Å². The lowest BCUT2D eigenvalue weighted by molar-refractivity contribution is 0.184. The van der Waals surface area contributed by atoms with Gasteiger partial charge < -0.3 is 9.30 Å². The van der Waals surface area contributed by atoms with Crippen LogP contribution in [0.2, 0.25) is 0 Å². The maximum Gasteiger partial charge on any atom is 0.164 e. The minimum Gasteiger partial charge on any atom is -0.380 e. The molecule has 3 aromatic heterocycles. The molecule has 0 saturated heterocycles. The fraction of sp³-hybridized carbons (Fsp3) is 0.360. The second-order valence-corrected chi connectivity index (χ2v) is 9.31. The number of aryl methyl sites for hydroxylation is 3. The van der Waals surface area contributed by atoms with Crippen LogP contribution in [0.1, 0.15) is 62.6 Å². The van der Waals surface area contributed by atoms with Gasteiger partial charge in [0.25, 0.3) is 0 Å². The van der Waals surface area contributed by atoms with Gasteiger partial charge in [-0.1, -0.05) is 0 Å². The third kappa shape index (κ3) is 4.28. The molecule has 0 atom stereocenters. The van der Waals surface area contributed by atoms with Gasteiger partial charge in [-0.05, 0) is 64.2 Å². The van der Waals surface area contributed by atoms with Gasteiger partial charge in [0, 0.05) is 40.2 Å². The summed E-state index contributed by atoms with van der Waals surface area (Å²) in [6.07, 6.45) is 6.12. The zero-order valence-corrected chi connectivity index (χ0v) is 20.1. The van der Waals surface area contributed by atoms with Gasteiger partial charge in [0.1, 0.15) is 22.7 Å². The SMILES string of the molecule is COCc1cc(C)nc(N/N=C\c2cc(C)n(-c3sc4c(c3C#N)CCCC4)c2C)c1C#N. The highest BCUT2D eigenvalue weighted by molar-refractivity contribution is 7.15. The van der Waals surface area contributed by atoms with E-state index < -0.39 is 0 Å². The maximum absolute atomic E-state index is 9.88. The third-order valence-electron chi connectivity index (χ3n) is 5.95. The molecule has 3 aromatic rings. The van der Waals surface area contributed by atoms with Crippen LogP contribution in [0.3, 0.4) is 0 Å². The van der Waals surface area contributed by atoms with E-state index in [4.69, 9.17) is 4.74 Å². The maximum atomic E-state index is 9.88. The number of thiophene rings is 1. The number of anilines is 1. The number of aromatic nitrogens is 2. The number of hydrazone groups is 1. The van der Waals surface area contributed by atoms with Gasteiger partial charge in [-0.15, -0.1) is 11.3 Å². The van der Waals surface area contributed by atoms with Crippen molar-refractivity contribution < 1.29 is 4.74 Å². The second-order valence-electron chi connectivity index (χ2n) is 8.23. The Morgan fingerprint density at radius 2 is 1.94 bits per heavy atom. The molecule has 8 heteroatoms. The molecule has 1 aliphatic rings. The van der Waals surface area contributed by atoms with Gasteiger partial charge in [-0.2, -0.15) is 15.6 Å². The van der Waals surface area contributed by atoms with Crippen molar-refractivity contribution in [2.75, 3.05) is 12.5 Å². The first-order valence-corrected chi connectivity index (χ1v) is 11.7. The predicted molar refractivity (Wildman–Crippen MR) is 130 cm³/mol. The molecule has 3 heterocycles. The summed E-state index contributed by atoms with van der Waals surface area (Å²) in [5.41, 5.74) is 9.97. The molecule has 0 aliphatic heterocycles.